The van der Waals surface area contributed by atoms with Crippen LogP contribution in [0.3, 0.4) is 0 Å². The van der Waals surface area contributed by atoms with Crippen LogP contribution in [0, 0.1) is 11.3 Å². The first-order chi connectivity index (χ1) is 8.65. The third-order valence-corrected chi connectivity index (χ3v) is 2.29. The van der Waals surface area contributed by atoms with E-state index in [1.165, 1.54) is 24.2 Å². The molecule has 0 spiro atoms. The van der Waals surface area contributed by atoms with Crippen LogP contribution in [-0.4, -0.2) is 27.8 Å². The van der Waals surface area contributed by atoms with Gasteiger partial charge in [0.1, 0.15) is 12.4 Å². The number of aromatic nitrogens is 3. The van der Waals surface area contributed by atoms with E-state index in [1.807, 2.05) is 6.07 Å². The van der Waals surface area contributed by atoms with Crippen molar-refractivity contribution in [2.24, 2.45) is 0 Å². The third kappa shape index (κ3) is 1.99. The first-order valence-corrected chi connectivity index (χ1v) is 4.95. The smallest absolute Gasteiger partial charge is 0.337 e. The third-order valence-electron chi connectivity index (χ3n) is 2.29. The maximum absolute atomic E-state index is 11.3. The molecular formula is C11H9N5O2. The second kappa shape index (κ2) is 4.55. The van der Waals surface area contributed by atoms with E-state index in [0.717, 1.165) is 0 Å². The van der Waals surface area contributed by atoms with Crippen molar-refractivity contribution in [1.29, 1.82) is 5.26 Å². The van der Waals surface area contributed by atoms with Gasteiger partial charge in [0.2, 0.25) is 0 Å². The largest absolute Gasteiger partial charge is 0.465 e. The van der Waals surface area contributed by atoms with Crippen LogP contribution in [-0.2, 0) is 4.74 Å². The summed E-state index contributed by atoms with van der Waals surface area (Å²) in [6.45, 7) is 0. The molecular weight excluding hydrogens is 234 g/mol. The number of hydrogen-bond acceptors (Lipinski definition) is 6. The first-order valence-electron chi connectivity index (χ1n) is 4.95. The molecule has 0 aliphatic carbocycles. The number of nitrogen functional groups attached to an aromatic ring is 1. The van der Waals surface area contributed by atoms with Gasteiger partial charge in [-0.25, -0.2) is 14.5 Å². The van der Waals surface area contributed by atoms with Crippen LogP contribution in [0.15, 0.2) is 24.5 Å². The van der Waals surface area contributed by atoms with Gasteiger partial charge in [-0.1, -0.05) is 0 Å². The van der Waals surface area contributed by atoms with Gasteiger partial charge >= 0.3 is 5.97 Å². The van der Waals surface area contributed by atoms with E-state index in [9.17, 15) is 4.79 Å². The van der Waals surface area contributed by atoms with Gasteiger partial charge in [-0.2, -0.15) is 5.26 Å². The predicted octanol–water partition coefficient (Wildman–Crippen LogP) is 0.508. The predicted molar refractivity (Wildman–Crippen MR) is 61.8 cm³/mol. The summed E-state index contributed by atoms with van der Waals surface area (Å²) in [4.78, 5) is 15.1. The average Bonchev–Trinajstić information content (AvgIpc) is 2.86. The maximum Gasteiger partial charge on any atom is 0.337 e. The van der Waals surface area contributed by atoms with E-state index < -0.39 is 5.97 Å². The number of nitriles is 1. The van der Waals surface area contributed by atoms with Gasteiger partial charge in [0, 0.05) is 0 Å². The fourth-order valence-corrected chi connectivity index (χ4v) is 1.44. The number of methoxy groups -OCH3 is 1. The van der Waals surface area contributed by atoms with Crippen LogP contribution in [0.1, 0.15) is 16.2 Å². The van der Waals surface area contributed by atoms with E-state index in [4.69, 9.17) is 11.0 Å². The van der Waals surface area contributed by atoms with Crippen molar-refractivity contribution >= 4 is 11.7 Å². The standard InChI is InChI=1S/C11H9N5O2/c1-18-11(17)7-2-3-9(8(13)4-7)16-6-14-10(5-12)15-16/h2-4,6H,13H2,1H3. The number of ether oxygens (including phenoxy) is 1. The number of esters is 1. The molecule has 0 bridgehead atoms. The van der Waals surface area contributed by atoms with E-state index in [1.54, 1.807) is 12.1 Å². The second-order valence-corrected chi connectivity index (χ2v) is 3.39. The molecule has 18 heavy (non-hydrogen) atoms. The molecule has 0 aliphatic rings. The summed E-state index contributed by atoms with van der Waals surface area (Å²) in [5.41, 5.74) is 7.04. The molecule has 2 aromatic rings. The number of hydrogen-bond donors (Lipinski definition) is 1. The Morgan fingerprint density at radius 3 is 2.89 bits per heavy atom. The first kappa shape index (κ1) is 11.6. The van der Waals surface area contributed by atoms with Gasteiger partial charge in [0.05, 0.1) is 24.0 Å². The lowest BCUT2D eigenvalue weighted by Gasteiger charge is -2.06. The molecule has 0 unspecified atom stereocenters. The van der Waals surface area contributed by atoms with Crippen LogP contribution < -0.4 is 5.73 Å². The lowest BCUT2D eigenvalue weighted by atomic mass is 10.2. The fourth-order valence-electron chi connectivity index (χ4n) is 1.44. The molecule has 1 aromatic heterocycles. The van der Waals surface area contributed by atoms with E-state index in [0.29, 0.717) is 16.9 Å². The highest BCUT2D eigenvalue weighted by atomic mass is 16.5. The van der Waals surface area contributed by atoms with Crippen molar-refractivity contribution in [1.82, 2.24) is 14.8 Å². The topological polar surface area (TPSA) is 107 Å². The quantitative estimate of drug-likeness (QED) is 0.608. The summed E-state index contributed by atoms with van der Waals surface area (Å²) in [6, 6.07) is 6.47. The summed E-state index contributed by atoms with van der Waals surface area (Å²) >= 11 is 0. The highest BCUT2D eigenvalue weighted by Gasteiger charge is 2.10. The Bertz CT molecular complexity index is 641. The van der Waals surface area contributed by atoms with E-state index in [-0.39, 0.29) is 5.82 Å². The van der Waals surface area contributed by atoms with E-state index >= 15 is 0 Å². The summed E-state index contributed by atoms with van der Waals surface area (Å²) in [5, 5.41) is 12.5. The number of carbonyl (C=O) groups is 1. The lowest BCUT2D eigenvalue weighted by Crippen LogP contribution is -2.05. The number of nitrogens with two attached hydrogens (primary N) is 1. The zero-order valence-corrected chi connectivity index (χ0v) is 9.49. The molecule has 7 nitrogen and oxygen atoms in total. The Morgan fingerprint density at radius 1 is 1.56 bits per heavy atom. The Morgan fingerprint density at radius 2 is 2.33 bits per heavy atom. The van der Waals surface area contributed by atoms with Crippen molar-refractivity contribution < 1.29 is 9.53 Å². The molecule has 0 fully saturated rings. The molecule has 7 heteroatoms. The molecule has 0 saturated heterocycles. The van der Waals surface area contributed by atoms with E-state index in [2.05, 4.69) is 14.8 Å². The molecule has 0 aliphatic heterocycles. The Hall–Kier alpha value is -2.88. The number of rotatable bonds is 2. The normalized spacial score (nSPS) is 9.78. The number of benzene rings is 1. The zero-order chi connectivity index (χ0) is 13.1. The minimum Gasteiger partial charge on any atom is -0.465 e. The molecule has 0 amide bonds. The SMILES string of the molecule is COC(=O)c1ccc(-n2cnc(C#N)n2)c(N)c1. The number of nitrogens with zero attached hydrogens (tertiary/aromatic N) is 4. The van der Waals surface area contributed by atoms with Crippen LogP contribution >= 0.6 is 0 Å². The summed E-state index contributed by atoms with van der Waals surface area (Å²) in [5.74, 6) is -0.420. The Kier molecular flexibility index (Phi) is 2.93. The molecule has 0 atom stereocenters. The summed E-state index contributed by atoms with van der Waals surface area (Å²) in [7, 11) is 1.29. The molecule has 0 saturated carbocycles. The monoisotopic (exact) mass is 243 g/mol. The minimum absolute atomic E-state index is 0.0476. The van der Waals surface area contributed by atoms with Gasteiger partial charge in [-0.05, 0) is 18.2 Å². The van der Waals surface area contributed by atoms with Crippen LogP contribution in [0.5, 0.6) is 0 Å². The average molecular weight is 243 g/mol. The molecule has 1 aromatic carbocycles. The zero-order valence-electron chi connectivity index (χ0n) is 9.49. The van der Waals surface area contributed by atoms with Crippen molar-refractivity contribution in [2.45, 2.75) is 0 Å². The molecule has 0 radical (unpaired) electrons. The van der Waals surface area contributed by atoms with Crippen LogP contribution in [0.4, 0.5) is 5.69 Å². The Labute approximate surface area is 102 Å². The van der Waals surface area contributed by atoms with Gasteiger partial charge in [-0.3, -0.25) is 0 Å². The number of anilines is 1. The Balaban J connectivity index is 2.41. The van der Waals surface area contributed by atoms with Crippen molar-refractivity contribution in [3.8, 4) is 11.8 Å². The van der Waals surface area contributed by atoms with Gasteiger partial charge < -0.3 is 10.5 Å². The minimum atomic E-state index is -0.468. The number of carbonyl (C=O) groups excluding carboxylic acids is 1. The van der Waals surface area contributed by atoms with Gasteiger partial charge in [0.15, 0.2) is 0 Å². The molecule has 1 heterocycles. The second-order valence-electron chi connectivity index (χ2n) is 3.39. The van der Waals surface area contributed by atoms with Crippen LogP contribution in [0.2, 0.25) is 0 Å². The molecule has 2 N–H and O–H groups in total. The van der Waals surface area contributed by atoms with Crippen LogP contribution in [0.25, 0.3) is 5.69 Å². The highest BCUT2D eigenvalue weighted by Crippen LogP contribution is 2.18. The highest BCUT2D eigenvalue weighted by molar-refractivity contribution is 5.91. The van der Waals surface area contributed by atoms with Gasteiger partial charge in [-0.15, -0.1) is 5.10 Å². The summed E-state index contributed by atoms with van der Waals surface area (Å²) in [6.07, 6.45) is 1.38. The lowest BCUT2D eigenvalue weighted by molar-refractivity contribution is 0.0601. The van der Waals surface area contributed by atoms with Crippen molar-refractivity contribution in [3.05, 3.63) is 35.9 Å². The molecule has 90 valence electrons. The molecule has 2 rings (SSSR count). The van der Waals surface area contributed by atoms with Crippen molar-refractivity contribution in [3.63, 3.8) is 0 Å². The van der Waals surface area contributed by atoms with Crippen molar-refractivity contribution in [2.75, 3.05) is 12.8 Å². The maximum atomic E-state index is 11.3. The van der Waals surface area contributed by atoms with Gasteiger partial charge in [0.25, 0.3) is 5.82 Å². The summed E-state index contributed by atoms with van der Waals surface area (Å²) < 4.78 is 5.96. The fraction of sp³-hybridized carbons (Fsp3) is 0.0909.